The Morgan fingerprint density at radius 3 is 2.34 bits per heavy atom. The maximum absolute atomic E-state index is 13.8. The average Bonchev–Trinajstić information content (AvgIpc) is 3.36. The van der Waals surface area contributed by atoms with E-state index in [4.69, 9.17) is 16.3 Å². The van der Waals surface area contributed by atoms with Crippen LogP contribution in [0.3, 0.4) is 0 Å². The minimum Gasteiger partial charge on any atom is -0.444 e. The quantitative estimate of drug-likeness (QED) is 0.413. The molecule has 3 amide bonds. The second-order valence-corrected chi connectivity index (χ2v) is 14.0. The number of rotatable bonds is 8. The van der Waals surface area contributed by atoms with Gasteiger partial charge in [-0.05, 0) is 70.1 Å². The number of hydrogen-bond acceptors (Lipinski definition) is 6. The minimum absolute atomic E-state index is 0.133. The van der Waals surface area contributed by atoms with Gasteiger partial charge in [0.05, 0.1) is 12.2 Å². The van der Waals surface area contributed by atoms with E-state index >= 15 is 0 Å². The van der Waals surface area contributed by atoms with Gasteiger partial charge in [0.25, 0.3) is 0 Å². The topological polar surface area (TPSA) is 119 Å². The molecule has 3 rings (SSSR count). The number of aliphatic hydroxyl groups is 2. The number of aliphatic hydroxyl groups excluding tert-OH is 1. The molecule has 1 saturated carbocycles. The van der Waals surface area contributed by atoms with Crippen LogP contribution in [0.5, 0.6) is 0 Å². The standard InChI is InChI=1S/C31H48ClN3O6/c1-20(2)25(27(38)34-15-14-31(40,30(6,7)19-34)22-9-11-23(32)12-10-22)33-26(37)21-8-13-24(18-21)35(16-17-36)28(39)41-29(3,4)5/h9-12,20-21,24-25,36,40H,8,13-19H2,1-7H3,(H,33,37)/t21-,24?,25-,31+/m1/s1. The molecular weight excluding hydrogens is 546 g/mol. The number of nitrogens with one attached hydrogen (secondary N) is 1. The Kier molecular flexibility index (Phi) is 10.4. The first kappa shape index (κ1) is 33.1. The van der Waals surface area contributed by atoms with Gasteiger partial charge in [-0.15, -0.1) is 0 Å². The van der Waals surface area contributed by atoms with Crippen LogP contribution in [0.25, 0.3) is 0 Å². The molecule has 4 atom stereocenters. The number of amides is 3. The van der Waals surface area contributed by atoms with E-state index in [1.807, 2.05) is 39.8 Å². The van der Waals surface area contributed by atoms with Crippen LogP contribution in [-0.2, 0) is 19.9 Å². The summed E-state index contributed by atoms with van der Waals surface area (Å²) in [5.74, 6) is -0.867. The Morgan fingerprint density at radius 1 is 1.17 bits per heavy atom. The SMILES string of the molecule is CC(C)[C@@H](NC(=O)[C@@H]1CCC(N(CCO)C(=O)OC(C)(C)C)C1)C(=O)N1CC[C@](O)(c2ccc(Cl)cc2)C(C)(C)C1. The highest BCUT2D eigenvalue weighted by Gasteiger charge is 2.50. The third-order valence-electron chi connectivity index (χ3n) is 8.50. The van der Waals surface area contributed by atoms with Crippen LogP contribution >= 0.6 is 11.6 Å². The van der Waals surface area contributed by atoms with Gasteiger partial charge in [0, 0.05) is 42.0 Å². The molecule has 3 N–H and O–H groups in total. The summed E-state index contributed by atoms with van der Waals surface area (Å²) in [4.78, 5) is 43.2. The molecule has 0 spiro atoms. The van der Waals surface area contributed by atoms with Crippen LogP contribution in [0.2, 0.25) is 5.02 Å². The minimum atomic E-state index is -1.13. The van der Waals surface area contributed by atoms with Gasteiger partial charge in [0.15, 0.2) is 0 Å². The molecule has 1 aromatic carbocycles. The third kappa shape index (κ3) is 7.73. The first-order valence-electron chi connectivity index (χ1n) is 14.7. The summed E-state index contributed by atoms with van der Waals surface area (Å²) in [7, 11) is 0. The van der Waals surface area contributed by atoms with Gasteiger partial charge < -0.3 is 30.1 Å². The van der Waals surface area contributed by atoms with Crippen LogP contribution in [0.1, 0.15) is 79.7 Å². The fourth-order valence-corrected chi connectivity index (χ4v) is 6.21. The fourth-order valence-electron chi connectivity index (χ4n) is 6.08. The predicted molar refractivity (Wildman–Crippen MR) is 158 cm³/mol. The first-order valence-corrected chi connectivity index (χ1v) is 15.0. The Labute approximate surface area is 249 Å². The van der Waals surface area contributed by atoms with Gasteiger partial charge in [-0.1, -0.05) is 51.4 Å². The summed E-state index contributed by atoms with van der Waals surface area (Å²) in [6, 6.07) is 6.25. The Balaban J connectivity index is 1.66. The summed E-state index contributed by atoms with van der Waals surface area (Å²) in [5, 5.41) is 24.8. The molecule has 2 aliphatic rings. The predicted octanol–water partition coefficient (Wildman–Crippen LogP) is 4.33. The molecule has 1 saturated heterocycles. The van der Waals surface area contributed by atoms with Gasteiger partial charge >= 0.3 is 6.09 Å². The zero-order chi connectivity index (χ0) is 30.8. The first-order chi connectivity index (χ1) is 19.0. The van der Waals surface area contributed by atoms with Crippen LogP contribution in [0, 0.1) is 17.3 Å². The molecule has 41 heavy (non-hydrogen) atoms. The van der Waals surface area contributed by atoms with E-state index in [9.17, 15) is 24.6 Å². The van der Waals surface area contributed by atoms with Crippen molar-refractivity contribution in [1.29, 1.82) is 0 Å². The highest BCUT2D eigenvalue weighted by molar-refractivity contribution is 6.30. The summed E-state index contributed by atoms with van der Waals surface area (Å²) < 4.78 is 5.52. The number of hydrogen-bond donors (Lipinski definition) is 3. The third-order valence-corrected chi connectivity index (χ3v) is 8.75. The van der Waals surface area contributed by atoms with E-state index in [2.05, 4.69) is 5.32 Å². The lowest BCUT2D eigenvalue weighted by Crippen LogP contribution is -2.60. The molecule has 2 fully saturated rings. The van der Waals surface area contributed by atoms with E-state index in [1.165, 1.54) is 4.90 Å². The van der Waals surface area contributed by atoms with Crippen molar-refractivity contribution < 1.29 is 29.3 Å². The van der Waals surface area contributed by atoms with Gasteiger partial charge in [-0.2, -0.15) is 0 Å². The number of likely N-dealkylation sites (tertiary alicyclic amines) is 1. The lowest BCUT2D eigenvalue weighted by molar-refractivity contribution is -0.157. The molecule has 9 nitrogen and oxygen atoms in total. The van der Waals surface area contributed by atoms with Crippen LogP contribution in [0.4, 0.5) is 4.79 Å². The summed E-state index contributed by atoms with van der Waals surface area (Å²) in [6.07, 6.45) is 1.49. The second-order valence-electron chi connectivity index (χ2n) is 13.6. The summed E-state index contributed by atoms with van der Waals surface area (Å²) in [6.45, 7) is 13.7. The molecule has 1 heterocycles. The van der Waals surface area contributed by atoms with Gasteiger partial charge in [0.2, 0.25) is 11.8 Å². The average molecular weight is 594 g/mol. The fraction of sp³-hybridized carbons (Fsp3) is 0.710. The monoisotopic (exact) mass is 593 g/mol. The number of ether oxygens (including phenoxy) is 1. The Bertz CT molecular complexity index is 1090. The van der Waals surface area contributed by atoms with Crippen molar-refractivity contribution in [2.24, 2.45) is 17.3 Å². The number of carbonyl (C=O) groups is 3. The number of carbonyl (C=O) groups excluding carboxylic acids is 3. The maximum atomic E-state index is 13.8. The largest absolute Gasteiger partial charge is 0.444 e. The molecule has 1 aliphatic carbocycles. The number of nitrogens with zero attached hydrogens (tertiary/aromatic N) is 2. The van der Waals surface area contributed by atoms with E-state index in [-0.39, 0.29) is 42.8 Å². The molecular formula is C31H48ClN3O6. The van der Waals surface area contributed by atoms with Crippen molar-refractivity contribution in [3.05, 3.63) is 34.9 Å². The lowest BCUT2D eigenvalue weighted by Gasteiger charge is -2.51. The Hall–Kier alpha value is -2.36. The molecule has 0 bridgehead atoms. The van der Waals surface area contributed by atoms with Gasteiger partial charge in [-0.25, -0.2) is 4.79 Å². The molecule has 0 radical (unpaired) electrons. The van der Waals surface area contributed by atoms with E-state index in [0.717, 1.165) is 5.56 Å². The zero-order valence-electron chi connectivity index (χ0n) is 25.6. The highest BCUT2D eigenvalue weighted by Crippen LogP contribution is 2.46. The second kappa shape index (κ2) is 12.9. The normalized spacial score (nSPS) is 25.1. The smallest absolute Gasteiger partial charge is 0.410 e. The number of piperidine rings is 1. The number of benzene rings is 1. The molecule has 230 valence electrons. The van der Waals surface area contributed by atoms with E-state index in [0.29, 0.717) is 43.8 Å². The lowest BCUT2D eigenvalue weighted by atomic mass is 9.66. The van der Waals surface area contributed by atoms with Crippen molar-refractivity contribution >= 4 is 29.5 Å². The molecule has 1 aromatic rings. The van der Waals surface area contributed by atoms with Crippen LogP contribution < -0.4 is 5.32 Å². The van der Waals surface area contributed by atoms with E-state index in [1.54, 1.807) is 37.8 Å². The van der Waals surface area contributed by atoms with Crippen LogP contribution in [0.15, 0.2) is 24.3 Å². The zero-order valence-corrected chi connectivity index (χ0v) is 26.3. The van der Waals surface area contributed by atoms with Crippen molar-refractivity contribution in [2.75, 3.05) is 26.2 Å². The molecule has 1 aliphatic heterocycles. The van der Waals surface area contributed by atoms with Crippen LogP contribution in [-0.4, -0.2) is 81.8 Å². The van der Waals surface area contributed by atoms with Crippen molar-refractivity contribution in [3.8, 4) is 0 Å². The molecule has 10 heteroatoms. The summed E-state index contributed by atoms with van der Waals surface area (Å²) >= 11 is 6.06. The highest BCUT2D eigenvalue weighted by atomic mass is 35.5. The maximum Gasteiger partial charge on any atom is 0.410 e. The van der Waals surface area contributed by atoms with Gasteiger partial charge in [-0.3, -0.25) is 9.59 Å². The van der Waals surface area contributed by atoms with Gasteiger partial charge in [0.1, 0.15) is 11.6 Å². The van der Waals surface area contributed by atoms with Crippen molar-refractivity contribution in [2.45, 2.75) is 97.4 Å². The summed E-state index contributed by atoms with van der Waals surface area (Å²) in [5.41, 5.74) is -1.67. The molecule has 0 aromatic heterocycles. The van der Waals surface area contributed by atoms with E-state index < -0.39 is 28.8 Å². The van der Waals surface area contributed by atoms with Crippen molar-refractivity contribution in [3.63, 3.8) is 0 Å². The van der Waals surface area contributed by atoms with Crippen molar-refractivity contribution in [1.82, 2.24) is 15.1 Å². The molecule has 1 unspecified atom stereocenters. The number of halogens is 1. The Morgan fingerprint density at radius 2 is 1.80 bits per heavy atom.